The molecule has 2 aliphatic rings. The third-order valence-corrected chi connectivity index (χ3v) is 7.57. The van der Waals surface area contributed by atoms with E-state index in [1.807, 2.05) is 0 Å². The molecule has 1 aromatic heterocycles. The molecule has 240 valence electrons. The molecule has 16 nitrogen and oxygen atoms in total. The molecule has 16 heteroatoms. The van der Waals surface area contributed by atoms with Gasteiger partial charge in [0, 0.05) is 17.7 Å². The van der Waals surface area contributed by atoms with Crippen molar-refractivity contribution >= 4 is 11.0 Å². The van der Waals surface area contributed by atoms with E-state index >= 15 is 0 Å². The van der Waals surface area contributed by atoms with Gasteiger partial charge in [-0.1, -0.05) is 0 Å². The van der Waals surface area contributed by atoms with Gasteiger partial charge in [-0.15, -0.1) is 0 Å². The van der Waals surface area contributed by atoms with E-state index in [4.69, 9.17) is 23.4 Å². The summed E-state index contributed by atoms with van der Waals surface area (Å²) in [6.07, 6.45) is -15.0. The van der Waals surface area contributed by atoms with Crippen LogP contribution in [0.25, 0.3) is 22.3 Å². The summed E-state index contributed by atoms with van der Waals surface area (Å²) in [5.41, 5.74) is -1.31. The maximum Gasteiger partial charge on any atom is 0.239 e. The van der Waals surface area contributed by atoms with Crippen molar-refractivity contribution < 1.29 is 74.4 Å². The number of ether oxygens (including phenoxy) is 4. The van der Waals surface area contributed by atoms with Crippen LogP contribution in [0.5, 0.6) is 28.7 Å². The Morgan fingerprint density at radius 1 is 0.727 bits per heavy atom. The highest BCUT2D eigenvalue weighted by atomic mass is 16.7. The zero-order valence-electron chi connectivity index (χ0n) is 23.0. The van der Waals surface area contributed by atoms with E-state index in [0.29, 0.717) is 0 Å². The van der Waals surface area contributed by atoms with Crippen molar-refractivity contribution in [2.75, 3.05) is 13.2 Å². The number of aliphatic hydroxyl groups excluding tert-OH is 6. The number of fused-ring (bicyclic) bond motifs is 1. The van der Waals surface area contributed by atoms with Gasteiger partial charge in [-0.3, -0.25) is 4.79 Å². The first kappa shape index (κ1) is 31.7. The van der Waals surface area contributed by atoms with Crippen LogP contribution in [-0.2, 0) is 14.2 Å². The van der Waals surface area contributed by atoms with Crippen molar-refractivity contribution in [2.24, 2.45) is 0 Å². The van der Waals surface area contributed by atoms with E-state index in [1.165, 1.54) is 13.0 Å². The molecule has 2 aliphatic heterocycles. The highest BCUT2D eigenvalue weighted by molar-refractivity contribution is 5.88. The van der Waals surface area contributed by atoms with Crippen molar-refractivity contribution in [1.29, 1.82) is 0 Å². The largest absolute Gasteiger partial charge is 0.508 e. The Balaban J connectivity index is 1.43. The fourth-order valence-corrected chi connectivity index (χ4v) is 5.07. The normalized spacial score (nSPS) is 32.5. The third-order valence-electron chi connectivity index (χ3n) is 7.57. The topological polar surface area (TPSA) is 269 Å². The fourth-order valence-electron chi connectivity index (χ4n) is 5.07. The van der Waals surface area contributed by atoms with E-state index in [2.05, 4.69) is 0 Å². The second-order valence-corrected chi connectivity index (χ2v) is 10.7. The van der Waals surface area contributed by atoms with Crippen molar-refractivity contribution in [3.05, 3.63) is 40.6 Å². The first-order valence-corrected chi connectivity index (χ1v) is 13.5. The summed E-state index contributed by atoms with van der Waals surface area (Å²) in [7, 11) is 0. The van der Waals surface area contributed by atoms with Gasteiger partial charge in [0.1, 0.15) is 71.3 Å². The van der Waals surface area contributed by atoms with Gasteiger partial charge in [0.15, 0.2) is 17.3 Å². The molecule has 2 fully saturated rings. The minimum Gasteiger partial charge on any atom is -0.508 e. The Labute approximate surface area is 247 Å². The van der Waals surface area contributed by atoms with Gasteiger partial charge in [0.05, 0.1) is 19.3 Å². The predicted molar refractivity (Wildman–Crippen MR) is 145 cm³/mol. The fraction of sp³-hybridized carbons (Fsp3) is 0.464. The van der Waals surface area contributed by atoms with Crippen LogP contribution in [0.3, 0.4) is 0 Å². The van der Waals surface area contributed by atoms with Gasteiger partial charge < -0.3 is 74.4 Å². The Kier molecular flexibility index (Phi) is 8.90. The number of aromatic hydroxyl groups is 4. The van der Waals surface area contributed by atoms with Gasteiger partial charge in [0.2, 0.25) is 17.5 Å². The average Bonchev–Trinajstić information content (AvgIpc) is 2.97. The number of phenolic OH excluding ortho intramolecular Hbond substituents is 4. The Morgan fingerprint density at radius 2 is 1.36 bits per heavy atom. The molecule has 0 bridgehead atoms. The number of hydrogen-bond donors (Lipinski definition) is 10. The molecular weight excluding hydrogens is 592 g/mol. The molecule has 2 saturated heterocycles. The Hall–Kier alpha value is -3.71. The molecule has 2 aromatic carbocycles. The minimum atomic E-state index is -1.94. The van der Waals surface area contributed by atoms with Crippen LogP contribution in [0.15, 0.2) is 39.5 Å². The van der Waals surface area contributed by atoms with Crippen LogP contribution in [0, 0.1) is 0 Å². The summed E-state index contributed by atoms with van der Waals surface area (Å²) < 4.78 is 28.0. The summed E-state index contributed by atoms with van der Waals surface area (Å²) in [4.78, 5) is 13.6. The molecule has 44 heavy (non-hydrogen) atoms. The van der Waals surface area contributed by atoms with Gasteiger partial charge in [0.25, 0.3) is 0 Å². The van der Waals surface area contributed by atoms with Gasteiger partial charge in [-0.05, 0) is 25.1 Å². The summed E-state index contributed by atoms with van der Waals surface area (Å²) in [5.74, 6) is -3.26. The molecule has 0 spiro atoms. The second kappa shape index (κ2) is 12.4. The molecule has 10 atom stereocenters. The van der Waals surface area contributed by atoms with E-state index in [1.54, 1.807) is 0 Å². The molecule has 0 radical (unpaired) electrons. The molecular formula is C28H32O16. The van der Waals surface area contributed by atoms with Crippen LogP contribution in [0.4, 0.5) is 0 Å². The van der Waals surface area contributed by atoms with E-state index in [9.17, 15) is 55.9 Å². The quantitative estimate of drug-likeness (QED) is 0.132. The second-order valence-electron chi connectivity index (χ2n) is 10.7. The lowest BCUT2D eigenvalue weighted by atomic mass is 9.96. The molecule has 10 N–H and O–H groups in total. The molecule has 3 heterocycles. The van der Waals surface area contributed by atoms with E-state index < -0.39 is 107 Å². The van der Waals surface area contributed by atoms with Crippen molar-refractivity contribution in [3.8, 4) is 40.1 Å². The molecule has 0 amide bonds. The molecule has 5 rings (SSSR count). The van der Waals surface area contributed by atoms with Gasteiger partial charge >= 0.3 is 0 Å². The highest BCUT2D eigenvalue weighted by Crippen LogP contribution is 2.39. The number of benzene rings is 2. The Bertz CT molecular complexity index is 1560. The number of phenols is 4. The smallest absolute Gasteiger partial charge is 0.239 e. The SMILES string of the molecule is C[C@@H]1O[C@@H](COC[C@H]2O[C@@H](Oc3c(-c4ccc(O)c(O)c4)oc4cc(O)cc(O)c4c3=O)[C@H](O)[C@@H](O)[C@@H]2O)[C@H](O)[C@H](O)[C@H]1O. The van der Waals surface area contributed by atoms with Crippen LogP contribution >= 0.6 is 0 Å². The standard InChI is InChI=1S/C28H32O16/c1-9-19(33)23(37)20(34)16(41-9)7-40-8-17-21(35)24(38)25(39)28(43-17)44-27-22(36)18-14(32)5-11(29)6-15(18)42-26(27)10-2-3-12(30)13(31)4-10/h2-6,9,16-17,19-21,23-25,28-35,37-39H,7-8H2,1H3/t9-,16-,17+,19-,20-,21+,23+,24-,25+,28-/m0/s1. The third kappa shape index (κ3) is 5.86. The van der Waals surface area contributed by atoms with Crippen LogP contribution in [-0.4, -0.2) is 126 Å². The van der Waals surface area contributed by atoms with Gasteiger partial charge in [-0.25, -0.2) is 0 Å². The predicted octanol–water partition coefficient (Wildman–Crippen LogP) is -1.64. The molecule has 0 unspecified atom stereocenters. The van der Waals surface area contributed by atoms with Crippen LogP contribution in [0.2, 0.25) is 0 Å². The monoisotopic (exact) mass is 624 g/mol. The highest BCUT2D eigenvalue weighted by Gasteiger charge is 2.46. The number of rotatable bonds is 7. The van der Waals surface area contributed by atoms with Crippen molar-refractivity contribution in [3.63, 3.8) is 0 Å². The van der Waals surface area contributed by atoms with Gasteiger partial charge in [-0.2, -0.15) is 0 Å². The first-order chi connectivity index (χ1) is 20.8. The summed E-state index contributed by atoms with van der Waals surface area (Å²) in [6.45, 7) is 0.691. The first-order valence-electron chi connectivity index (χ1n) is 13.5. The Morgan fingerprint density at radius 3 is 2.02 bits per heavy atom. The van der Waals surface area contributed by atoms with Crippen molar-refractivity contribution in [1.82, 2.24) is 0 Å². The van der Waals surface area contributed by atoms with Crippen LogP contribution < -0.4 is 10.2 Å². The maximum absolute atomic E-state index is 13.6. The van der Waals surface area contributed by atoms with Crippen molar-refractivity contribution in [2.45, 2.75) is 68.1 Å². The summed E-state index contributed by atoms with van der Waals surface area (Å²) in [6, 6.07) is 5.28. The molecule has 0 saturated carbocycles. The zero-order valence-corrected chi connectivity index (χ0v) is 23.0. The lowest BCUT2D eigenvalue weighted by Crippen LogP contribution is -2.61. The number of aliphatic hydroxyl groups is 6. The molecule has 0 aliphatic carbocycles. The number of hydrogen-bond acceptors (Lipinski definition) is 16. The minimum absolute atomic E-state index is 0.0181. The molecule has 3 aromatic rings. The lowest BCUT2D eigenvalue weighted by Gasteiger charge is -2.41. The summed E-state index contributed by atoms with van der Waals surface area (Å²) >= 11 is 0. The van der Waals surface area contributed by atoms with E-state index in [-0.39, 0.29) is 23.5 Å². The maximum atomic E-state index is 13.6. The summed E-state index contributed by atoms with van der Waals surface area (Å²) in [5, 5.41) is 101. The lowest BCUT2D eigenvalue weighted by molar-refractivity contribution is -0.283. The van der Waals surface area contributed by atoms with Crippen LogP contribution in [0.1, 0.15) is 6.92 Å². The zero-order chi connectivity index (χ0) is 32.0. The van der Waals surface area contributed by atoms with E-state index in [0.717, 1.165) is 24.3 Å². The average molecular weight is 625 g/mol.